The fraction of sp³-hybridized carbons (Fsp3) is 0.548. The highest BCUT2D eigenvalue weighted by molar-refractivity contribution is 5.94. The molecule has 0 amide bonds. The minimum Gasteiger partial charge on any atom is -0.295 e. The number of allylic oxidation sites excluding steroid dienone is 5. The van der Waals surface area contributed by atoms with Crippen LogP contribution in [0.3, 0.4) is 0 Å². The lowest BCUT2D eigenvalue weighted by molar-refractivity contribution is -0.114. The quantitative estimate of drug-likeness (QED) is 0.352. The predicted octanol–water partition coefficient (Wildman–Crippen LogP) is 7.52. The fourth-order valence-corrected chi connectivity index (χ4v) is 9.04. The minimum absolute atomic E-state index is 0.128. The van der Waals surface area contributed by atoms with E-state index in [0.29, 0.717) is 29.5 Å². The topological polar surface area (TPSA) is 34.1 Å². The first-order valence-electron chi connectivity index (χ1n) is 13.1. The van der Waals surface area contributed by atoms with Crippen LogP contribution in [0.5, 0.6) is 0 Å². The summed E-state index contributed by atoms with van der Waals surface area (Å²) in [5.74, 6) is 2.16. The zero-order valence-electron chi connectivity index (χ0n) is 20.2. The van der Waals surface area contributed by atoms with Crippen LogP contribution >= 0.6 is 0 Å². The van der Waals surface area contributed by atoms with Gasteiger partial charge in [-0.3, -0.25) is 9.59 Å². The molecule has 0 bridgehead atoms. The molecule has 2 unspecified atom stereocenters. The Morgan fingerprint density at radius 2 is 1.82 bits per heavy atom. The van der Waals surface area contributed by atoms with Gasteiger partial charge in [-0.05, 0) is 110 Å². The lowest BCUT2D eigenvalue weighted by atomic mass is 9.48. The Labute approximate surface area is 198 Å². The molecule has 2 nitrogen and oxygen atoms in total. The molecule has 0 N–H and O–H groups in total. The summed E-state index contributed by atoms with van der Waals surface area (Å²) >= 11 is 0. The second-order valence-electron chi connectivity index (χ2n) is 11.8. The number of Topliss-reactive ketones (excluding diaryl/α,β-unsaturated/α-hetero) is 1. The van der Waals surface area contributed by atoms with Crippen LogP contribution in [0, 0.1) is 22.7 Å². The van der Waals surface area contributed by atoms with E-state index in [2.05, 4.69) is 25.6 Å². The van der Waals surface area contributed by atoms with E-state index < -0.39 is 0 Å². The third-order valence-corrected chi connectivity index (χ3v) is 10.6. The summed E-state index contributed by atoms with van der Waals surface area (Å²) in [7, 11) is 0. The van der Waals surface area contributed by atoms with E-state index in [-0.39, 0.29) is 11.2 Å². The van der Waals surface area contributed by atoms with E-state index in [4.69, 9.17) is 0 Å². The molecule has 0 aromatic heterocycles. The van der Waals surface area contributed by atoms with Crippen molar-refractivity contribution in [1.82, 2.24) is 0 Å². The average Bonchev–Trinajstić information content (AvgIpc) is 3.33. The maximum Gasteiger partial charge on any atom is 0.159 e. The average molecular weight is 441 g/mol. The Kier molecular flexibility index (Phi) is 4.77. The van der Waals surface area contributed by atoms with Crippen molar-refractivity contribution in [3.05, 3.63) is 70.3 Å². The normalized spacial score (nSPS) is 37.6. The van der Waals surface area contributed by atoms with Gasteiger partial charge in [-0.25, -0.2) is 0 Å². The smallest absolute Gasteiger partial charge is 0.159 e. The van der Waals surface area contributed by atoms with Gasteiger partial charge in [0.1, 0.15) is 0 Å². The van der Waals surface area contributed by atoms with Crippen LogP contribution in [0.15, 0.2) is 59.2 Å². The first-order valence-corrected chi connectivity index (χ1v) is 13.1. The summed E-state index contributed by atoms with van der Waals surface area (Å²) in [6.45, 7) is 8.89. The molecule has 5 aliphatic rings. The van der Waals surface area contributed by atoms with Crippen LogP contribution in [0.2, 0.25) is 0 Å². The summed E-state index contributed by atoms with van der Waals surface area (Å²) in [6, 6.07) is 8.48. The number of hydrogen-bond acceptors (Lipinski definition) is 2. The molecule has 0 heterocycles. The van der Waals surface area contributed by atoms with Gasteiger partial charge >= 0.3 is 0 Å². The van der Waals surface area contributed by atoms with Crippen molar-refractivity contribution in [3.8, 4) is 0 Å². The molecule has 1 aromatic rings. The fourth-order valence-electron chi connectivity index (χ4n) is 9.04. The van der Waals surface area contributed by atoms with Gasteiger partial charge in [-0.1, -0.05) is 48.9 Å². The van der Waals surface area contributed by atoms with Crippen molar-refractivity contribution >= 4 is 11.6 Å². The third-order valence-electron chi connectivity index (χ3n) is 10.6. The molecule has 172 valence electrons. The SMILES string of the molecule is C=C1CCC[C@]12CCC1C3CCC4=CC(=O)CCC4=C3[C@@H](c3ccc(C(C)=O)cc3)C[C@@]12C. The molecule has 3 fully saturated rings. The lowest BCUT2D eigenvalue weighted by Gasteiger charge is -2.56. The summed E-state index contributed by atoms with van der Waals surface area (Å²) in [6.07, 6.45) is 13.4. The Hall–Kier alpha value is -2.22. The Morgan fingerprint density at radius 3 is 2.52 bits per heavy atom. The molecule has 33 heavy (non-hydrogen) atoms. The number of carbonyl (C=O) groups excluding carboxylic acids is 2. The number of ketones is 2. The van der Waals surface area contributed by atoms with Crippen LogP contribution in [0.4, 0.5) is 0 Å². The van der Waals surface area contributed by atoms with Crippen molar-refractivity contribution in [3.63, 3.8) is 0 Å². The summed E-state index contributed by atoms with van der Waals surface area (Å²) < 4.78 is 0. The summed E-state index contributed by atoms with van der Waals surface area (Å²) in [5, 5.41) is 0. The second-order valence-corrected chi connectivity index (χ2v) is 11.8. The largest absolute Gasteiger partial charge is 0.295 e. The maximum atomic E-state index is 12.2. The molecule has 5 atom stereocenters. The molecule has 0 saturated heterocycles. The first kappa shape index (κ1) is 21.3. The first-order chi connectivity index (χ1) is 15.8. The zero-order chi connectivity index (χ0) is 23.0. The predicted molar refractivity (Wildman–Crippen MR) is 132 cm³/mol. The van der Waals surface area contributed by atoms with Crippen molar-refractivity contribution in [2.45, 2.75) is 84.0 Å². The number of benzene rings is 1. The van der Waals surface area contributed by atoms with Gasteiger partial charge in [0, 0.05) is 17.9 Å². The van der Waals surface area contributed by atoms with Gasteiger partial charge in [-0.2, -0.15) is 0 Å². The van der Waals surface area contributed by atoms with Gasteiger partial charge in [0.15, 0.2) is 11.6 Å². The van der Waals surface area contributed by atoms with Crippen LogP contribution < -0.4 is 0 Å². The van der Waals surface area contributed by atoms with Crippen LogP contribution in [-0.2, 0) is 4.79 Å². The van der Waals surface area contributed by atoms with E-state index in [1.807, 2.05) is 18.2 Å². The Balaban J connectivity index is 1.52. The molecule has 1 aromatic carbocycles. The molecular formula is C31H36O2. The van der Waals surface area contributed by atoms with Gasteiger partial charge in [0.05, 0.1) is 0 Å². The van der Waals surface area contributed by atoms with E-state index in [9.17, 15) is 9.59 Å². The number of carbonyl (C=O) groups is 2. The molecule has 5 aliphatic carbocycles. The van der Waals surface area contributed by atoms with E-state index in [1.165, 1.54) is 67.2 Å². The van der Waals surface area contributed by atoms with Crippen molar-refractivity contribution in [2.75, 3.05) is 0 Å². The highest BCUT2D eigenvalue weighted by Gasteiger charge is 2.64. The molecule has 2 heteroatoms. The molecule has 1 spiro atoms. The molecule has 0 radical (unpaired) electrons. The van der Waals surface area contributed by atoms with Gasteiger partial charge in [0.25, 0.3) is 0 Å². The Bertz CT molecular complexity index is 1120. The molecule has 0 aliphatic heterocycles. The monoisotopic (exact) mass is 440 g/mol. The third kappa shape index (κ3) is 2.92. The lowest BCUT2D eigenvalue weighted by Crippen LogP contribution is -2.47. The maximum absolute atomic E-state index is 12.2. The summed E-state index contributed by atoms with van der Waals surface area (Å²) in [4.78, 5) is 24.2. The standard InChI is InChI=1S/C31H36O2/c1-19-5-4-15-31(19)16-14-28-26-12-10-23-17-24(33)11-13-25(23)29(26)27(18-30(28,31)3)22-8-6-21(7-9-22)20(2)32/h6-9,17,26-28H,1,4-5,10-16,18H2,2-3H3/t26?,27-,28?,30+,31+/m1/s1. The number of hydrogen-bond donors (Lipinski definition) is 0. The molecule has 3 saturated carbocycles. The Morgan fingerprint density at radius 1 is 1.03 bits per heavy atom. The van der Waals surface area contributed by atoms with Crippen molar-refractivity contribution < 1.29 is 9.59 Å². The van der Waals surface area contributed by atoms with Crippen molar-refractivity contribution in [2.24, 2.45) is 22.7 Å². The van der Waals surface area contributed by atoms with Crippen LogP contribution in [-0.4, -0.2) is 11.6 Å². The van der Waals surface area contributed by atoms with Crippen LogP contribution in [0.1, 0.15) is 99.9 Å². The molecular weight excluding hydrogens is 404 g/mol. The van der Waals surface area contributed by atoms with Crippen molar-refractivity contribution in [1.29, 1.82) is 0 Å². The van der Waals surface area contributed by atoms with Crippen LogP contribution in [0.25, 0.3) is 0 Å². The van der Waals surface area contributed by atoms with E-state index in [0.717, 1.165) is 24.3 Å². The van der Waals surface area contributed by atoms with Gasteiger partial charge < -0.3 is 0 Å². The van der Waals surface area contributed by atoms with Gasteiger partial charge in [-0.15, -0.1) is 0 Å². The van der Waals surface area contributed by atoms with E-state index >= 15 is 0 Å². The summed E-state index contributed by atoms with van der Waals surface area (Å²) in [5.41, 5.74) is 8.75. The highest BCUT2D eigenvalue weighted by atomic mass is 16.1. The minimum atomic E-state index is 0.128. The molecule has 6 rings (SSSR count). The highest BCUT2D eigenvalue weighted by Crippen LogP contribution is 2.74. The number of rotatable bonds is 2. The second kappa shape index (κ2) is 7.39. The van der Waals surface area contributed by atoms with Gasteiger partial charge in [0.2, 0.25) is 0 Å². The number of fused-ring (bicyclic) bond motifs is 5. The zero-order valence-corrected chi connectivity index (χ0v) is 20.2. The van der Waals surface area contributed by atoms with E-state index in [1.54, 1.807) is 12.5 Å².